The lowest BCUT2D eigenvalue weighted by molar-refractivity contribution is 0.356. The fourth-order valence-electron chi connectivity index (χ4n) is 5.92. The van der Waals surface area contributed by atoms with Crippen molar-refractivity contribution in [2.45, 2.75) is 74.5 Å². The van der Waals surface area contributed by atoms with Gasteiger partial charge in [0.15, 0.2) is 0 Å². The van der Waals surface area contributed by atoms with Crippen LogP contribution < -0.4 is 4.74 Å². The molecule has 1 N–H and O–H groups in total. The molecule has 208 valence electrons. The number of aromatic hydroxyl groups is 1. The Morgan fingerprint density at radius 1 is 0.675 bits per heavy atom. The molecule has 1 saturated carbocycles. The Bertz CT molecular complexity index is 1580. The molecular weight excluding hydrogens is 516 g/mol. The molecule has 0 amide bonds. The molecule has 1 aliphatic carbocycles. The van der Waals surface area contributed by atoms with Crippen molar-refractivity contribution >= 4 is 9.84 Å². The normalized spacial score (nSPS) is 18.9. The molecule has 0 aromatic heterocycles. The Hall–Kier alpha value is -3.57. The summed E-state index contributed by atoms with van der Waals surface area (Å²) in [6.07, 6.45) is 3.20. The first kappa shape index (κ1) is 28.0. The van der Waals surface area contributed by atoms with Crippen LogP contribution in [0.5, 0.6) is 17.2 Å². The molecule has 1 unspecified atom stereocenters. The van der Waals surface area contributed by atoms with E-state index < -0.39 is 9.84 Å². The zero-order valence-electron chi connectivity index (χ0n) is 23.9. The van der Waals surface area contributed by atoms with E-state index in [4.69, 9.17) is 4.74 Å². The third-order valence-electron chi connectivity index (χ3n) is 8.24. The number of hydrogen-bond donors (Lipinski definition) is 1. The van der Waals surface area contributed by atoms with E-state index in [-0.39, 0.29) is 31.8 Å². The minimum atomic E-state index is -3.62. The molecule has 4 nitrogen and oxygen atoms in total. The summed E-state index contributed by atoms with van der Waals surface area (Å²) in [4.78, 5) is 0.515. The van der Waals surface area contributed by atoms with Gasteiger partial charge >= 0.3 is 0 Å². The first-order valence-corrected chi connectivity index (χ1v) is 15.3. The lowest BCUT2D eigenvalue weighted by Crippen LogP contribution is -2.25. The second kappa shape index (κ2) is 10.1. The van der Waals surface area contributed by atoms with Crippen LogP contribution in [0.15, 0.2) is 107 Å². The molecule has 1 atom stereocenters. The van der Waals surface area contributed by atoms with Gasteiger partial charge < -0.3 is 9.84 Å². The van der Waals surface area contributed by atoms with Crippen LogP contribution in [0.2, 0.25) is 0 Å². The van der Waals surface area contributed by atoms with Crippen LogP contribution in [0.25, 0.3) is 0 Å². The van der Waals surface area contributed by atoms with Gasteiger partial charge in [-0.25, -0.2) is 8.42 Å². The standard InChI is InChI=1S/C35H38O4S/c1-33(2,3)25-10-18-31(19-11-25)40(37,38)32-20-16-30(17-21-32)39-29-14-8-27(9-15-29)35(23-22-34(4,5)24-35)26-6-12-28(36)13-7-26/h6-21,36H,22-24H2,1-5H3. The van der Waals surface area contributed by atoms with E-state index in [1.165, 1.54) is 11.1 Å². The van der Waals surface area contributed by atoms with Crippen molar-refractivity contribution in [2.75, 3.05) is 0 Å². The predicted octanol–water partition coefficient (Wildman–Crippen LogP) is 8.81. The van der Waals surface area contributed by atoms with Crippen molar-refractivity contribution in [3.05, 3.63) is 114 Å². The SMILES string of the molecule is CC1(C)CCC(c2ccc(O)cc2)(c2ccc(Oc3ccc(S(=O)(=O)c4ccc(C(C)(C)C)cc4)cc3)cc2)C1. The van der Waals surface area contributed by atoms with Crippen LogP contribution >= 0.6 is 0 Å². The van der Waals surface area contributed by atoms with E-state index in [0.29, 0.717) is 11.5 Å². The van der Waals surface area contributed by atoms with Crippen molar-refractivity contribution in [3.63, 3.8) is 0 Å². The van der Waals surface area contributed by atoms with Crippen LogP contribution in [0.3, 0.4) is 0 Å². The largest absolute Gasteiger partial charge is 0.508 e. The molecule has 40 heavy (non-hydrogen) atoms. The molecule has 1 fully saturated rings. The zero-order chi connectivity index (χ0) is 28.8. The monoisotopic (exact) mass is 554 g/mol. The van der Waals surface area contributed by atoms with Crippen molar-refractivity contribution in [1.82, 2.24) is 0 Å². The first-order valence-electron chi connectivity index (χ1n) is 13.8. The van der Waals surface area contributed by atoms with Crippen LogP contribution in [0.4, 0.5) is 0 Å². The summed E-state index contributed by atoms with van der Waals surface area (Å²) >= 11 is 0. The molecular formula is C35H38O4S. The Morgan fingerprint density at radius 3 is 1.57 bits per heavy atom. The van der Waals surface area contributed by atoms with Gasteiger partial charge in [-0.1, -0.05) is 71.0 Å². The molecule has 4 aromatic carbocycles. The summed E-state index contributed by atoms with van der Waals surface area (Å²) in [6.45, 7) is 10.9. The van der Waals surface area contributed by atoms with Crippen LogP contribution in [0, 0.1) is 5.41 Å². The minimum Gasteiger partial charge on any atom is -0.508 e. The highest BCUT2D eigenvalue weighted by atomic mass is 32.2. The lowest BCUT2D eigenvalue weighted by Gasteiger charge is -2.32. The Balaban J connectivity index is 1.34. The molecule has 0 bridgehead atoms. The Kier molecular flexibility index (Phi) is 7.08. The predicted molar refractivity (Wildman–Crippen MR) is 160 cm³/mol. The number of phenolic OH excluding ortho intramolecular Hbond substituents is 1. The van der Waals surface area contributed by atoms with Crippen LogP contribution in [0.1, 0.15) is 70.6 Å². The average molecular weight is 555 g/mol. The van der Waals surface area contributed by atoms with E-state index in [2.05, 4.69) is 46.8 Å². The quantitative estimate of drug-likeness (QED) is 0.259. The highest BCUT2D eigenvalue weighted by molar-refractivity contribution is 7.91. The van der Waals surface area contributed by atoms with Gasteiger partial charge in [-0.15, -0.1) is 0 Å². The maximum atomic E-state index is 13.2. The number of phenols is 1. The van der Waals surface area contributed by atoms with E-state index >= 15 is 0 Å². The van der Waals surface area contributed by atoms with Gasteiger partial charge in [-0.3, -0.25) is 0 Å². The summed E-state index contributed by atoms with van der Waals surface area (Å²) in [5, 5.41) is 9.84. The van der Waals surface area contributed by atoms with Gasteiger partial charge in [-0.2, -0.15) is 0 Å². The smallest absolute Gasteiger partial charge is 0.206 e. The topological polar surface area (TPSA) is 63.6 Å². The molecule has 0 radical (unpaired) electrons. The van der Waals surface area contributed by atoms with Gasteiger partial charge in [0.2, 0.25) is 9.84 Å². The highest BCUT2D eigenvalue weighted by Gasteiger charge is 2.45. The van der Waals surface area contributed by atoms with Gasteiger partial charge in [0.05, 0.1) is 9.79 Å². The van der Waals surface area contributed by atoms with E-state index in [9.17, 15) is 13.5 Å². The zero-order valence-corrected chi connectivity index (χ0v) is 24.8. The maximum Gasteiger partial charge on any atom is 0.206 e. The number of ether oxygens (including phenoxy) is 1. The number of hydrogen-bond acceptors (Lipinski definition) is 4. The Labute approximate surface area is 238 Å². The second-order valence-electron chi connectivity index (χ2n) is 12.8. The fraction of sp³-hybridized carbons (Fsp3) is 0.314. The van der Waals surface area contributed by atoms with Gasteiger partial charge in [0, 0.05) is 5.41 Å². The van der Waals surface area contributed by atoms with E-state index in [1.807, 2.05) is 36.4 Å². The molecule has 5 heteroatoms. The van der Waals surface area contributed by atoms with Crippen molar-refractivity contribution in [2.24, 2.45) is 5.41 Å². The number of benzene rings is 4. The molecule has 4 aromatic rings. The summed E-state index contributed by atoms with van der Waals surface area (Å²) in [5.41, 5.74) is 3.61. The average Bonchev–Trinajstić information content (AvgIpc) is 3.25. The lowest BCUT2D eigenvalue weighted by atomic mass is 9.71. The van der Waals surface area contributed by atoms with Crippen molar-refractivity contribution in [1.29, 1.82) is 0 Å². The number of sulfone groups is 1. The van der Waals surface area contributed by atoms with Gasteiger partial charge in [0.1, 0.15) is 17.2 Å². The molecule has 0 heterocycles. The van der Waals surface area contributed by atoms with Crippen molar-refractivity contribution in [3.8, 4) is 17.2 Å². The molecule has 0 spiro atoms. The van der Waals surface area contributed by atoms with Crippen LogP contribution in [-0.2, 0) is 20.7 Å². The first-order chi connectivity index (χ1) is 18.8. The maximum absolute atomic E-state index is 13.2. The minimum absolute atomic E-state index is 0.0424. The van der Waals surface area contributed by atoms with Crippen LogP contribution in [-0.4, -0.2) is 13.5 Å². The van der Waals surface area contributed by atoms with E-state index in [0.717, 1.165) is 24.8 Å². The molecule has 0 saturated heterocycles. The highest BCUT2D eigenvalue weighted by Crippen LogP contribution is 2.54. The summed E-state index contributed by atoms with van der Waals surface area (Å²) < 4.78 is 32.5. The third kappa shape index (κ3) is 5.53. The van der Waals surface area contributed by atoms with Gasteiger partial charge in [-0.05, 0) is 107 Å². The molecule has 0 aliphatic heterocycles. The van der Waals surface area contributed by atoms with Gasteiger partial charge in [0.25, 0.3) is 0 Å². The fourth-order valence-corrected chi connectivity index (χ4v) is 7.18. The van der Waals surface area contributed by atoms with E-state index in [1.54, 1.807) is 48.5 Å². The summed E-state index contributed by atoms with van der Waals surface area (Å²) in [6, 6.07) is 29.5. The second-order valence-corrected chi connectivity index (χ2v) is 14.8. The van der Waals surface area contributed by atoms with Crippen molar-refractivity contribution < 1.29 is 18.3 Å². The molecule has 5 rings (SSSR count). The molecule has 1 aliphatic rings. The third-order valence-corrected chi connectivity index (χ3v) is 10.0. The Morgan fingerprint density at radius 2 is 1.12 bits per heavy atom. The summed E-state index contributed by atoms with van der Waals surface area (Å²) in [7, 11) is -3.62. The number of rotatable bonds is 6. The summed E-state index contributed by atoms with van der Waals surface area (Å²) in [5.74, 6) is 1.54.